The van der Waals surface area contributed by atoms with Gasteiger partial charge in [0.05, 0.1) is 0 Å². The van der Waals surface area contributed by atoms with Gasteiger partial charge in [-0.1, -0.05) is 62.4 Å². The molecule has 0 bridgehead atoms. The molecule has 0 saturated heterocycles. The number of hydrogen-bond acceptors (Lipinski definition) is 5. The van der Waals surface area contributed by atoms with Gasteiger partial charge in [-0.15, -0.1) is 0 Å². The Bertz CT molecular complexity index is 965. The van der Waals surface area contributed by atoms with Crippen molar-refractivity contribution in [3.63, 3.8) is 0 Å². The second-order valence-corrected chi connectivity index (χ2v) is 9.86. The molecule has 7 nitrogen and oxygen atoms in total. The number of carboxylic acids is 1. The van der Waals surface area contributed by atoms with Crippen molar-refractivity contribution in [2.75, 3.05) is 24.7 Å². The quantitative estimate of drug-likeness (QED) is 0.389. The van der Waals surface area contributed by atoms with E-state index in [1.54, 1.807) is 11.8 Å². The monoisotopic (exact) mass is 484 g/mol. The van der Waals surface area contributed by atoms with E-state index in [9.17, 15) is 14.4 Å². The smallest absolute Gasteiger partial charge is 0.407 e. The molecule has 1 atom stereocenters. The number of alkyl carbamates (subject to hydrolysis) is 1. The van der Waals surface area contributed by atoms with E-state index in [2.05, 4.69) is 36.6 Å². The lowest BCUT2D eigenvalue weighted by Crippen LogP contribution is -2.47. The summed E-state index contributed by atoms with van der Waals surface area (Å²) < 4.78 is 5.51. The van der Waals surface area contributed by atoms with Crippen LogP contribution in [0.15, 0.2) is 48.5 Å². The van der Waals surface area contributed by atoms with E-state index < -0.39 is 24.0 Å². The molecule has 0 saturated carbocycles. The first-order valence-electron chi connectivity index (χ1n) is 11.6. The average molecular weight is 485 g/mol. The van der Waals surface area contributed by atoms with Crippen LogP contribution >= 0.6 is 11.8 Å². The third-order valence-electron chi connectivity index (χ3n) is 5.60. The molecule has 0 spiro atoms. The first kappa shape index (κ1) is 25.6. The summed E-state index contributed by atoms with van der Waals surface area (Å²) in [5.74, 6) is 0.790. The van der Waals surface area contributed by atoms with Crippen LogP contribution in [0, 0.1) is 5.92 Å². The zero-order chi connectivity index (χ0) is 24.5. The summed E-state index contributed by atoms with van der Waals surface area (Å²) in [6, 6.07) is 15.1. The molecule has 0 aliphatic heterocycles. The van der Waals surface area contributed by atoms with Crippen LogP contribution in [-0.2, 0) is 14.3 Å². The van der Waals surface area contributed by atoms with Crippen LogP contribution in [0.5, 0.6) is 0 Å². The average Bonchev–Trinajstić information content (AvgIpc) is 3.13. The van der Waals surface area contributed by atoms with Gasteiger partial charge in [0.2, 0.25) is 5.91 Å². The second-order valence-electron chi connectivity index (χ2n) is 8.71. The van der Waals surface area contributed by atoms with Crippen molar-refractivity contribution in [1.29, 1.82) is 0 Å². The van der Waals surface area contributed by atoms with Gasteiger partial charge in [-0.25, -0.2) is 4.79 Å². The number of amides is 2. The van der Waals surface area contributed by atoms with Crippen LogP contribution in [0.3, 0.4) is 0 Å². The van der Waals surface area contributed by atoms with Gasteiger partial charge in [-0.2, -0.15) is 11.8 Å². The lowest BCUT2D eigenvalue weighted by molar-refractivity contribution is -0.137. The number of rotatable bonds is 12. The molecule has 1 unspecified atom stereocenters. The Morgan fingerprint density at radius 3 is 2.24 bits per heavy atom. The van der Waals surface area contributed by atoms with Gasteiger partial charge in [0.1, 0.15) is 12.6 Å². The molecule has 2 aromatic carbocycles. The van der Waals surface area contributed by atoms with Crippen LogP contribution in [0.4, 0.5) is 4.79 Å². The fraction of sp³-hybridized carbons (Fsp3) is 0.423. The second kappa shape index (κ2) is 12.5. The fourth-order valence-electron chi connectivity index (χ4n) is 4.01. The normalized spacial score (nSPS) is 13.1. The summed E-state index contributed by atoms with van der Waals surface area (Å²) in [6.07, 6.45) is -0.976. The van der Waals surface area contributed by atoms with Crippen LogP contribution in [0.1, 0.15) is 43.7 Å². The molecule has 3 rings (SSSR count). The number of fused-ring (bicyclic) bond motifs is 3. The zero-order valence-corrected chi connectivity index (χ0v) is 20.4. The van der Waals surface area contributed by atoms with Gasteiger partial charge in [0.15, 0.2) is 0 Å². The maximum absolute atomic E-state index is 12.6. The highest BCUT2D eigenvalue weighted by molar-refractivity contribution is 7.99. The summed E-state index contributed by atoms with van der Waals surface area (Å²) in [6.45, 7) is 4.84. The van der Waals surface area contributed by atoms with Crippen LogP contribution < -0.4 is 10.6 Å². The molecule has 0 aromatic heterocycles. The predicted molar refractivity (Wildman–Crippen MR) is 134 cm³/mol. The van der Waals surface area contributed by atoms with E-state index in [1.807, 2.05) is 36.4 Å². The van der Waals surface area contributed by atoms with Gasteiger partial charge in [-0.3, -0.25) is 9.59 Å². The van der Waals surface area contributed by atoms with Gasteiger partial charge in [-0.05, 0) is 40.3 Å². The van der Waals surface area contributed by atoms with Crippen molar-refractivity contribution in [2.24, 2.45) is 5.92 Å². The minimum absolute atomic E-state index is 0.00943. The Hall–Kier alpha value is -3.00. The molecule has 0 heterocycles. The maximum atomic E-state index is 12.6. The summed E-state index contributed by atoms with van der Waals surface area (Å²) in [5, 5.41) is 14.4. The van der Waals surface area contributed by atoms with E-state index in [0.29, 0.717) is 12.5 Å². The number of nitrogens with one attached hydrogen (secondary N) is 2. The van der Waals surface area contributed by atoms with Crippen molar-refractivity contribution >= 4 is 29.7 Å². The van der Waals surface area contributed by atoms with Gasteiger partial charge in [0.25, 0.3) is 0 Å². The number of aliphatic carboxylic acids is 1. The zero-order valence-electron chi connectivity index (χ0n) is 19.6. The number of ether oxygens (including phenoxy) is 1. The Morgan fingerprint density at radius 2 is 1.65 bits per heavy atom. The Balaban J connectivity index is 1.57. The molecule has 0 radical (unpaired) electrons. The summed E-state index contributed by atoms with van der Waals surface area (Å²) in [7, 11) is 0. The Labute approximate surface area is 204 Å². The molecule has 2 amide bonds. The highest BCUT2D eigenvalue weighted by Crippen LogP contribution is 2.44. The summed E-state index contributed by atoms with van der Waals surface area (Å²) >= 11 is 1.74. The minimum Gasteiger partial charge on any atom is -0.481 e. The van der Waals surface area contributed by atoms with Gasteiger partial charge < -0.3 is 20.5 Å². The van der Waals surface area contributed by atoms with Crippen LogP contribution in [0.2, 0.25) is 0 Å². The molecule has 34 heavy (non-hydrogen) atoms. The molecule has 1 aliphatic carbocycles. The van der Waals surface area contributed by atoms with Crippen molar-refractivity contribution in [1.82, 2.24) is 10.6 Å². The number of carbonyl (C=O) groups excluding carboxylic acids is 2. The van der Waals surface area contributed by atoms with Crippen molar-refractivity contribution < 1.29 is 24.2 Å². The van der Waals surface area contributed by atoms with Gasteiger partial charge >= 0.3 is 12.1 Å². The lowest BCUT2D eigenvalue weighted by atomic mass is 9.98. The molecule has 182 valence electrons. The first-order chi connectivity index (χ1) is 16.4. The van der Waals surface area contributed by atoms with E-state index in [4.69, 9.17) is 9.84 Å². The highest BCUT2D eigenvalue weighted by Gasteiger charge is 2.29. The Morgan fingerprint density at radius 1 is 1.03 bits per heavy atom. The van der Waals surface area contributed by atoms with Crippen molar-refractivity contribution in [2.45, 2.75) is 38.6 Å². The summed E-state index contributed by atoms with van der Waals surface area (Å²) in [4.78, 5) is 36.2. The van der Waals surface area contributed by atoms with E-state index >= 15 is 0 Å². The molecule has 1 aliphatic rings. The molecular weight excluding hydrogens is 452 g/mol. The first-order valence-corrected chi connectivity index (χ1v) is 12.7. The number of hydrogen-bond donors (Lipinski definition) is 3. The number of thioether (sulfide) groups is 1. The molecular formula is C26H32N2O5S. The lowest BCUT2D eigenvalue weighted by Gasteiger charge is -2.19. The molecule has 2 aromatic rings. The van der Waals surface area contributed by atoms with Crippen LogP contribution in [0.25, 0.3) is 11.1 Å². The predicted octanol–water partition coefficient (Wildman–Crippen LogP) is 4.26. The molecule has 0 fully saturated rings. The van der Waals surface area contributed by atoms with E-state index in [0.717, 1.165) is 33.8 Å². The third-order valence-corrected chi connectivity index (χ3v) is 6.99. The van der Waals surface area contributed by atoms with Crippen molar-refractivity contribution in [3.05, 3.63) is 59.7 Å². The molecule has 3 N–H and O–H groups in total. The number of carbonyl (C=O) groups is 3. The SMILES string of the molecule is CC(C)CSCCNC(=O)C(CCC(=O)O)NC(=O)OCC1c2ccccc2-c2ccccc21. The Kier molecular flexibility index (Phi) is 9.39. The number of benzene rings is 2. The minimum atomic E-state index is -1.03. The molecule has 8 heteroatoms. The third kappa shape index (κ3) is 7.00. The van der Waals surface area contributed by atoms with Crippen LogP contribution in [-0.4, -0.2) is 53.8 Å². The number of carboxylic acid groups (broad SMARTS) is 1. The van der Waals surface area contributed by atoms with E-state index in [-0.39, 0.29) is 25.4 Å². The highest BCUT2D eigenvalue weighted by atomic mass is 32.2. The maximum Gasteiger partial charge on any atom is 0.407 e. The largest absolute Gasteiger partial charge is 0.481 e. The van der Waals surface area contributed by atoms with Gasteiger partial charge in [0, 0.05) is 24.6 Å². The van der Waals surface area contributed by atoms with Crippen molar-refractivity contribution in [3.8, 4) is 11.1 Å². The topological polar surface area (TPSA) is 105 Å². The standard InChI is InChI=1S/C26H32N2O5S/c1-17(2)16-34-14-13-27-25(31)23(11-12-24(29)30)28-26(32)33-15-22-20-9-5-3-7-18(20)19-8-4-6-10-21(19)22/h3-10,17,22-23H,11-16H2,1-2H3,(H,27,31)(H,28,32)(H,29,30). The van der Waals surface area contributed by atoms with E-state index in [1.165, 1.54) is 0 Å². The summed E-state index contributed by atoms with van der Waals surface area (Å²) in [5.41, 5.74) is 4.44. The fourth-order valence-corrected chi connectivity index (χ4v) is 4.89.